The highest BCUT2D eigenvalue weighted by Gasteiger charge is 2.23. The van der Waals surface area contributed by atoms with E-state index in [1.807, 2.05) is 19.1 Å². The third kappa shape index (κ3) is 3.28. The first-order valence-corrected chi connectivity index (χ1v) is 7.26. The van der Waals surface area contributed by atoms with Gasteiger partial charge < -0.3 is 19.5 Å². The summed E-state index contributed by atoms with van der Waals surface area (Å²) in [6, 6.07) is 5.28. The molecule has 6 nitrogen and oxygen atoms in total. The third-order valence-corrected chi connectivity index (χ3v) is 3.78. The van der Waals surface area contributed by atoms with Crippen LogP contribution < -0.4 is 14.8 Å². The van der Waals surface area contributed by atoms with Crippen LogP contribution in [0.1, 0.15) is 6.92 Å². The lowest BCUT2D eigenvalue weighted by molar-refractivity contribution is -0.122. The van der Waals surface area contributed by atoms with Gasteiger partial charge >= 0.3 is 0 Å². The molecule has 0 aromatic heterocycles. The summed E-state index contributed by atoms with van der Waals surface area (Å²) in [5.74, 6) is 1.38. The van der Waals surface area contributed by atoms with Gasteiger partial charge in [-0.25, -0.2) is 0 Å². The van der Waals surface area contributed by atoms with Gasteiger partial charge in [0.25, 0.3) is 0 Å². The smallest absolute Gasteiger partial charge is 0.241 e. The summed E-state index contributed by atoms with van der Waals surface area (Å²) in [5, 5.41) is 2.93. The molecule has 2 heterocycles. The quantitative estimate of drug-likeness (QED) is 0.904. The van der Waals surface area contributed by atoms with Crippen LogP contribution in [-0.4, -0.2) is 56.4 Å². The Morgan fingerprint density at radius 3 is 2.62 bits per heavy atom. The van der Waals surface area contributed by atoms with Gasteiger partial charge in [0.15, 0.2) is 11.5 Å². The van der Waals surface area contributed by atoms with Crippen LogP contribution >= 0.6 is 0 Å². The highest BCUT2D eigenvalue weighted by molar-refractivity contribution is 5.94. The molecule has 114 valence electrons. The highest BCUT2D eigenvalue weighted by Crippen LogP contribution is 2.32. The molecule has 1 aromatic carbocycles. The molecule has 3 rings (SSSR count). The molecular weight excluding hydrogens is 272 g/mol. The van der Waals surface area contributed by atoms with E-state index in [2.05, 4.69) is 10.2 Å². The molecule has 0 unspecified atom stereocenters. The summed E-state index contributed by atoms with van der Waals surface area (Å²) < 4.78 is 16.3. The number of benzene rings is 1. The topological polar surface area (TPSA) is 60.0 Å². The fourth-order valence-corrected chi connectivity index (χ4v) is 2.50. The first-order chi connectivity index (χ1) is 10.2. The number of rotatable bonds is 3. The van der Waals surface area contributed by atoms with Crippen molar-refractivity contribution in [2.75, 3.05) is 44.8 Å². The second-order valence-corrected chi connectivity index (χ2v) is 5.17. The summed E-state index contributed by atoms with van der Waals surface area (Å²) in [4.78, 5) is 14.4. The number of anilines is 1. The number of morpholine rings is 1. The lowest BCUT2D eigenvalue weighted by Gasteiger charge is -2.31. The van der Waals surface area contributed by atoms with Gasteiger partial charge in [0.05, 0.1) is 19.3 Å². The Kier molecular flexibility index (Phi) is 4.26. The fraction of sp³-hybridized carbons (Fsp3) is 0.533. The zero-order chi connectivity index (χ0) is 14.7. The van der Waals surface area contributed by atoms with Gasteiger partial charge in [-0.3, -0.25) is 9.69 Å². The minimum absolute atomic E-state index is 0.0198. The molecule has 0 aliphatic carbocycles. The number of nitrogens with zero attached hydrogens (tertiary/aromatic N) is 1. The van der Waals surface area contributed by atoms with E-state index < -0.39 is 0 Å². The van der Waals surface area contributed by atoms with Crippen molar-refractivity contribution >= 4 is 11.6 Å². The van der Waals surface area contributed by atoms with Crippen molar-refractivity contribution in [1.82, 2.24) is 4.90 Å². The molecule has 0 saturated carbocycles. The van der Waals surface area contributed by atoms with E-state index in [0.717, 1.165) is 24.5 Å². The van der Waals surface area contributed by atoms with E-state index in [4.69, 9.17) is 14.2 Å². The van der Waals surface area contributed by atoms with Crippen LogP contribution in [0.3, 0.4) is 0 Å². The maximum absolute atomic E-state index is 12.3. The fourth-order valence-electron chi connectivity index (χ4n) is 2.50. The Bertz CT molecular complexity index is 514. The largest absolute Gasteiger partial charge is 0.486 e. The number of hydrogen-bond donors (Lipinski definition) is 1. The normalized spacial score (nSPS) is 19.9. The van der Waals surface area contributed by atoms with Crippen LogP contribution in [-0.2, 0) is 9.53 Å². The molecule has 1 fully saturated rings. The SMILES string of the molecule is C[C@@H](C(=O)Nc1ccc2c(c1)OCCO2)N1CCOCC1. The van der Waals surface area contributed by atoms with Gasteiger partial charge in [0.1, 0.15) is 13.2 Å². The van der Waals surface area contributed by atoms with Crippen molar-refractivity contribution in [2.45, 2.75) is 13.0 Å². The molecule has 1 atom stereocenters. The molecule has 1 saturated heterocycles. The molecule has 1 amide bonds. The van der Waals surface area contributed by atoms with Crippen LogP contribution in [0.4, 0.5) is 5.69 Å². The predicted octanol–water partition coefficient (Wildman–Crippen LogP) is 1.12. The standard InChI is InChI=1S/C15H20N2O4/c1-11(17-4-6-19-7-5-17)15(18)16-12-2-3-13-14(10-12)21-9-8-20-13/h2-3,10-11H,4-9H2,1H3,(H,16,18)/t11-/m0/s1. The number of carbonyl (C=O) groups is 1. The molecule has 0 radical (unpaired) electrons. The van der Waals surface area contributed by atoms with Gasteiger partial charge in [-0.05, 0) is 19.1 Å². The van der Waals surface area contributed by atoms with Crippen molar-refractivity contribution in [2.24, 2.45) is 0 Å². The van der Waals surface area contributed by atoms with Crippen LogP contribution in [0, 0.1) is 0 Å². The van der Waals surface area contributed by atoms with E-state index in [-0.39, 0.29) is 11.9 Å². The molecule has 2 aliphatic heterocycles. The Balaban J connectivity index is 1.63. The van der Waals surface area contributed by atoms with Gasteiger partial charge in [-0.2, -0.15) is 0 Å². The second-order valence-electron chi connectivity index (χ2n) is 5.17. The Hall–Kier alpha value is -1.79. The van der Waals surface area contributed by atoms with Crippen molar-refractivity contribution in [3.63, 3.8) is 0 Å². The third-order valence-electron chi connectivity index (χ3n) is 3.78. The van der Waals surface area contributed by atoms with Crippen LogP contribution in [0.2, 0.25) is 0 Å². The first-order valence-electron chi connectivity index (χ1n) is 7.26. The monoisotopic (exact) mass is 292 g/mol. The van der Waals surface area contributed by atoms with Crippen molar-refractivity contribution in [3.05, 3.63) is 18.2 Å². The molecule has 21 heavy (non-hydrogen) atoms. The summed E-state index contributed by atoms with van der Waals surface area (Å²) in [6.07, 6.45) is 0. The number of nitrogens with one attached hydrogen (secondary N) is 1. The molecule has 2 aliphatic rings. The Morgan fingerprint density at radius 1 is 1.14 bits per heavy atom. The number of ether oxygens (including phenoxy) is 3. The lowest BCUT2D eigenvalue weighted by atomic mass is 10.2. The van der Waals surface area contributed by atoms with Crippen LogP contribution in [0.15, 0.2) is 18.2 Å². The van der Waals surface area contributed by atoms with Crippen molar-refractivity contribution < 1.29 is 19.0 Å². The van der Waals surface area contributed by atoms with Crippen LogP contribution in [0.25, 0.3) is 0 Å². The van der Waals surface area contributed by atoms with Gasteiger partial charge in [-0.15, -0.1) is 0 Å². The highest BCUT2D eigenvalue weighted by atomic mass is 16.6. The van der Waals surface area contributed by atoms with Gasteiger partial charge in [-0.1, -0.05) is 0 Å². The first kappa shape index (κ1) is 14.2. The molecule has 1 N–H and O–H groups in total. The zero-order valence-electron chi connectivity index (χ0n) is 12.1. The van der Waals surface area contributed by atoms with Gasteiger partial charge in [0, 0.05) is 24.8 Å². The van der Waals surface area contributed by atoms with Crippen LogP contribution in [0.5, 0.6) is 11.5 Å². The van der Waals surface area contributed by atoms with E-state index in [1.165, 1.54) is 0 Å². The number of amides is 1. The molecular formula is C15H20N2O4. The lowest BCUT2D eigenvalue weighted by Crippen LogP contribution is -2.47. The van der Waals surface area contributed by atoms with E-state index in [0.29, 0.717) is 32.2 Å². The summed E-state index contributed by atoms with van der Waals surface area (Å²) >= 11 is 0. The summed E-state index contributed by atoms with van der Waals surface area (Å²) in [5.41, 5.74) is 0.726. The Labute approximate surface area is 124 Å². The predicted molar refractivity (Wildman–Crippen MR) is 77.9 cm³/mol. The molecule has 1 aromatic rings. The Morgan fingerprint density at radius 2 is 1.86 bits per heavy atom. The van der Waals surface area contributed by atoms with Crippen molar-refractivity contribution in [3.8, 4) is 11.5 Å². The molecule has 0 bridgehead atoms. The maximum atomic E-state index is 12.3. The van der Waals surface area contributed by atoms with E-state index in [9.17, 15) is 4.79 Å². The van der Waals surface area contributed by atoms with Gasteiger partial charge in [0.2, 0.25) is 5.91 Å². The summed E-state index contributed by atoms with van der Waals surface area (Å²) in [6.45, 7) is 5.95. The minimum Gasteiger partial charge on any atom is -0.486 e. The number of hydrogen-bond acceptors (Lipinski definition) is 5. The van der Waals surface area contributed by atoms with E-state index in [1.54, 1.807) is 6.07 Å². The minimum atomic E-state index is -0.179. The zero-order valence-corrected chi connectivity index (χ0v) is 12.1. The number of fused-ring (bicyclic) bond motifs is 1. The molecule has 6 heteroatoms. The average molecular weight is 292 g/mol. The molecule has 0 spiro atoms. The summed E-state index contributed by atoms with van der Waals surface area (Å²) in [7, 11) is 0. The second kappa shape index (κ2) is 6.32. The van der Waals surface area contributed by atoms with Crippen molar-refractivity contribution in [1.29, 1.82) is 0 Å². The van der Waals surface area contributed by atoms with E-state index >= 15 is 0 Å². The average Bonchev–Trinajstić information content (AvgIpc) is 2.55. The maximum Gasteiger partial charge on any atom is 0.241 e. The number of carbonyl (C=O) groups excluding carboxylic acids is 1.